The van der Waals surface area contributed by atoms with Crippen molar-refractivity contribution in [1.82, 2.24) is 0 Å². The van der Waals surface area contributed by atoms with E-state index < -0.39 is 11.7 Å². The highest BCUT2D eigenvalue weighted by molar-refractivity contribution is 6.10. The van der Waals surface area contributed by atoms with Gasteiger partial charge in [-0.05, 0) is 51.3 Å². The SMILES string of the molecule is CN1C(=O)C2(CC2)c2ccc(NC(=O)OC(C)(C)C)cc21. The van der Waals surface area contributed by atoms with Gasteiger partial charge in [-0.25, -0.2) is 4.79 Å². The van der Waals surface area contributed by atoms with Crippen LogP contribution in [0.3, 0.4) is 0 Å². The molecule has 1 aromatic carbocycles. The number of rotatable bonds is 1. The number of nitrogens with one attached hydrogen (secondary N) is 1. The second kappa shape index (κ2) is 4.23. The van der Waals surface area contributed by atoms with E-state index in [1.165, 1.54) is 0 Å². The number of nitrogens with zero attached hydrogens (tertiary/aromatic N) is 1. The van der Waals surface area contributed by atoms with E-state index in [1.54, 1.807) is 11.9 Å². The lowest BCUT2D eigenvalue weighted by Crippen LogP contribution is -2.28. The lowest BCUT2D eigenvalue weighted by atomic mass is 9.98. The van der Waals surface area contributed by atoms with Gasteiger partial charge in [0.2, 0.25) is 5.91 Å². The summed E-state index contributed by atoms with van der Waals surface area (Å²) in [6, 6.07) is 5.61. The number of hydrogen-bond acceptors (Lipinski definition) is 3. The third-order valence-electron chi connectivity index (χ3n) is 3.98. The van der Waals surface area contributed by atoms with Crippen LogP contribution in [0.25, 0.3) is 0 Å². The summed E-state index contributed by atoms with van der Waals surface area (Å²) >= 11 is 0. The molecule has 21 heavy (non-hydrogen) atoms. The Balaban J connectivity index is 1.82. The summed E-state index contributed by atoms with van der Waals surface area (Å²) in [5, 5.41) is 2.71. The number of anilines is 2. The molecule has 3 rings (SSSR count). The molecule has 1 aliphatic heterocycles. The van der Waals surface area contributed by atoms with Crippen LogP contribution in [0.15, 0.2) is 18.2 Å². The minimum Gasteiger partial charge on any atom is -0.444 e. The van der Waals surface area contributed by atoms with Crippen molar-refractivity contribution < 1.29 is 14.3 Å². The molecule has 0 atom stereocenters. The number of carbonyl (C=O) groups excluding carboxylic acids is 2. The van der Waals surface area contributed by atoms with Gasteiger partial charge in [-0.3, -0.25) is 10.1 Å². The maximum atomic E-state index is 12.3. The summed E-state index contributed by atoms with van der Waals surface area (Å²) in [6.45, 7) is 5.45. The van der Waals surface area contributed by atoms with Gasteiger partial charge in [0.15, 0.2) is 0 Å². The molecule has 0 radical (unpaired) electrons. The van der Waals surface area contributed by atoms with E-state index in [2.05, 4.69) is 5.32 Å². The standard InChI is InChI=1S/C16H20N2O3/c1-15(2,3)21-14(20)17-10-5-6-11-12(9-10)18(4)13(19)16(11)7-8-16/h5-6,9H,7-8H2,1-4H3,(H,17,20). The predicted octanol–water partition coefficient (Wildman–Crippen LogP) is 3.04. The number of ether oxygens (including phenoxy) is 1. The van der Waals surface area contributed by atoms with Crippen molar-refractivity contribution in [1.29, 1.82) is 0 Å². The number of amides is 2. The van der Waals surface area contributed by atoms with Crippen LogP contribution < -0.4 is 10.2 Å². The number of likely N-dealkylation sites (N-methyl/N-ethyl adjacent to an activating group) is 1. The normalized spacial score (nSPS) is 18.7. The van der Waals surface area contributed by atoms with Crippen LogP contribution in [0.2, 0.25) is 0 Å². The first kappa shape index (κ1) is 13.9. The second-order valence-corrected chi connectivity index (χ2v) is 6.81. The first-order chi connectivity index (χ1) is 9.73. The second-order valence-electron chi connectivity index (χ2n) is 6.81. The molecule has 2 amide bonds. The third-order valence-corrected chi connectivity index (χ3v) is 3.98. The molecule has 0 unspecified atom stereocenters. The van der Waals surface area contributed by atoms with Gasteiger partial charge in [-0.2, -0.15) is 0 Å². The van der Waals surface area contributed by atoms with E-state index in [0.29, 0.717) is 5.69 Å². The molecule has 1 aromatic rings. The fourth-order valence-electron chi connectivity index (χ4n) is 2.87. The van der Waals surface area contributed by atoms with Gasteiger partial charge in [-0.15, -0.1) is 0 Å². The molecule has 112 valence electrons. The summed E-state index contributed by atoms with van der Waals surface area (Å²) in [7, 11) is 1.78. The van der Waals surface area contributed by atoms with Crippen LogP contribution in [0.1, 0.15) is 39.2 Å². The van der Waals surface area contributed by atoms with Crippen LogP contribution in [0, 0.1) is 0 Å². The first-order valence-electron chi connectivity index (χ1n) is 7.16. The Morgan fingerprint density at radius 1 is 1.33 bits per heavy atom. The van der Waals surface area contributed by atoms with E-state index in [9.17, 15) is 9.59 Å². The molecule has 1 fully saturated rings. The quantitative estimate of drug-likeness (QED) is 0.864. The van der Waals surface area contributed by atoms with Gasteiger partial charge in [0.25, 0.3) is 0 Å². The number of benzene rings is 1. The van der Waals surface area contributed by atoms with Crippen molar-refractivity contribution in [2.24, 2.45) is 0 Å². The first-order valence-corrected chi connectivity index (χ1v) is 7.16. The fourth-order valence-corrected chi connectivity index (χ4v) is 2.87. The average Bonchev–Trinajstić information content (AvgIpc) is 3.12. The Kier molecular flexibility index (Phi) is 2.80. The van der Waals surface area contributed by atoms with Gasteiger partial charge >= 0.3 is 6.09 Å². The Morgan fingerprint density at radius 3 is 2.57 bits per heavy atom. The van der Waals surface area contributed by atoms with Gasteiger partial charge in [-0.1, -0.05) is 6.07 Å². The van der Waals surface area contributed by atoms with Crippen molar-refractivity contribution in [2.45, 2.75) is 44.6 Å². The summed E-state index contributed by atoms with van der Waals surface area (Å²) in [6.07, 6.45) is 1.35. The summed E-state index contributed by atoms with van der Waals surface area (Å²) in [5.74, 6) is 0.159. The molecular weight excluding hydrogens is 268 g/mol. The average molecular weight is 288 g/mol. The molecule has 2 aliphatic rings. The molecule has 5 nitrogen and oxygen atoms in total. The predicted molar refractivity (Wildman–Crippen MR) is 80.6 cm³/mol. The van der Waals surface area contributed by atoms with Crippen LogP contribution in [-0.4, -0.2) is 24.6 Å². The van der Waals surface area contributed by atoms with Gasteiger partial charge < -0.3 is 9.64 Å². The topological polar surface area (TPSA) is 58.6 Å². The largest absolute Gasteiger partial charge is 0.444 e. The van der Waals surface area contributed by atoms with Crippen molar-refractivity contribution in [3.8, 4) is 0 Å². The Bertz CT molecular complexity index is 627. The van der Waals surface area contributed by atoms with Crippen molar-refractivity contribution >= 4 is 23.4 Å². The lowest BCUT2D eigenvalue weighted by molar-refractivity contribution is -0.119. The molecule has 1 saturated carbocycles. The molecule has 5 heteroatoms. The van der Waals surface area contributed by atoms with Gasteiger partial charge in [0.1, 0.15) is 5.60 Å². The van der Waals surface area contributed by atoms with Crippen LogP contribution in [0.5, 0.6) is 0 Å². The van der Waals surface area contributed by atoms with E-state index in [-0.39, 0.29) is 11.3 Å². The number of carbonyl (C=O) groups is 2. The highest BCUT2D eigenvalue weighted by atomic mass is 16.6. The van der Waals surface area contributed by atoms with Gasteiger partial charge in [0, 0.05) is 18.4 Å². The van der Waals surface area contributed by atoms with E-state index in [4.69, 9.17) is 4.74 Å². The summed E-state index contributed by atoms with van der Waals surface area (Å²) in [4.78, 5) is 25.8. The molecule has 0 bridgehead atoms. The third kappa shape index (κ3) is 2.26. The molecule has 1 aliphatic carbocycles. The highest BCUT2D eigenvalue weighted by Crippen LogP contribution is 2.57. The van der Waals surface area contributed by atoms with Crippen LogP contribution in [-0.2, 0) is 14.9 Å². The fraction of sp³-hybridized carbons (Fsp3) is 0.500. The highest BCUT2D eigenvalue weighted by Gasteiger charge is 2.58. The van der Waals surface area contributed by atoms with Gasteiger partial charge in [0.05, 0.1) is 5.41 Å². The van der Waals surface area contributed by atoms with E-state index in [0.717, 1.165) is 24.1 Å². The zero-order valence-corrected chi connectivity index (χ0v) is 12.8. The maximum absolute atomic E-state index is 12.3. The minimum atomic E-state index is -0.536. The zero-order valence-electron chi connectivity index (χ0n) is 12.8. The number of fused-ring (bicyclic) bond motifs is 2. The van der Waals surface area contributed by atoms with Crippen molar-refractivity contribution in [2.75, 3.05) is 17.3 Å². The summed E-state index contributed by atoms with van der Waals surface area (Å²) < 4.78 is 5.23. The van der Waals surface area contributed by atoms with E-state index in [1.807, 2.05) is 39.0 Å². The lowest BCUT2D eigenvalue weighted by Gasteiger charge is -2.20. The molecule has 0 saturated heterocycles. The summed E-state index contributed by atoms with van der Waals surface area (Å²) in [5.41, 5.74) is 1.77. The Morgan fingerprint density at radius 2 is 2.00 bits per heavy atom. The Hall–Kier alpha value is -2.04. The van der Waals surface area contributed by atoms with Crippen LogP contribution >= 0.6 is 0 Å². The molecule has 0 aromatic heterocycles. The Labute approximate surface area is 124 Å². The van der Waals surface area contributed by atoms with Crippen LogP contribution in [0.4, 0.5) is 16.2 Å². The monoisotopic (exact) mass is 288 g/mol. The van der Waals surface area contributed by atoms with Crippen molar-refractivity contribution in [3.05, 3.63) is 23.8 Å². The smallest absolute Gasteiger partial charge is 0.412 e. The van der Waals surface area contributed by atoms with Crippen molar-refractivity contribution in [3.63, 3.8) is 0 Å². The number of hydrogen-bond donors (Lipinski definition) is 1. The zero-order chi connectivity index (χ0) is 15.4. The molecule has 1 N–H and O–H groups in total. The molecular formula is C16H20N2O3. The molecule has 1 spiro atoms. The minimum absolute atomic E-state index is 0.159. The molecule has 1 heterocycles. The van der Waals surface area contributed by atoms with E-state index >= 15 is 0 Å². The maximum Gasteiger partial charge on any atom is 0.412 e.